The van der Waals surface area contributed by atoms with E-state index in [1.807, 2.05) is 4.90 Å². The second kappa shape index (κ2) is 6.28. The Morgan fingerprint density at radius 1 is 1.20 bits per heavy atom. The van der Waals surface area contributed by atoms with Crippen LogP contribution in [0.15, 0.2) is 6.07 Å². The number of hydrogen-bond donors (Lipinski definition) is 2. The molecule has 2 aliphatic heterocycles. The van der Waals surface area contributed by atoms with Crippen LogP contribution in [0.4, 0.5) is 15.8 Å². The molecule has 2 atom stereocenters. The van der Waals surface area contributed by atoms with Gasteiger partial charge in [-0.25, -0.2) is 9.40 Å². The topological polar surface area (TPSA) is 80.2 Å². The molecule has 4 rings (SSSR count). The Hall–Kier alpha value is -1.61. The van der Waals surface area contributed by atoms with E-state index in [9.17, 15) is 0 Å². The largest absolute Gasteiger partial charge is 0.492 e. The zero-order chi connectivity index (χ0) is 17.7. The standard InChI is InChI=1S/C17H26FN5O2/c1-24-14-8-21(7-13(14)19)16-12(18)5-10-6-22(20)9-23(11-3-4-11)15(10)17(16)25-2/h5,11,13-14H,3-4,6-9,19-20H2,1-2H3. The Balaban J connectivity index is 1.79. The summed E-state index contributed by atoms with van der Waals surface area (Å²) >= 11 is 0. The molecule has 2 unspecified atom stereocenters. The first-order chi connectivity index (χ1) is 12.0. The zero-order valence-electron chi connectivity index (χ0n) is 14.7. The molecular weight excluding hydrogens is 325 g/mol. The smallest absolute Gasteiger partial charge is 0.168 e. The lowest BCUT2D eigenvalue weighted by Gasteiger charge is -2.38. The van der Waals surface area contributed by atoms with Crippen LogP contribution >= 0.6 is 0 Å². The molecule has 0 amide bonds. The Labute approximate surface area is 147 Å². The van der Waals surface area contributed by atoms with Crippen molar-refractivity contribution < 1.29 is 13.9 Å². The van der Waals surface area contributed by atoms with Crippen molar-refractivity contribution in [2.24, 2.45) is 11.6 Å². The molecule has 1 aromatic rings. The maximum Gasteiger partial charge on any atom is 0.168 e. The SMILES string of the molecule is COc1c(N2CC(N)C(OC)C2)c(F)cc2c1N(C1CC1)CN(N)C2. The molecule has 0 aromatic heterocycles. The molecule has 2 fully saturated rings. The fraction of sp³-hybridized carbons (Fsp3) is 0.647. The van der Waals surface area contributed by atoms with Crippen molar-refractivity contribution in [2.45, 2.75) is 37.6 Å². The van der Waals surface area contributed by atoms with Crippen molar-refractivity contribution in [1.29, 1.82) is 0 Å². The van der Waals surface area contributed by atoms with Gasteiger partial charge in [0.15, 0.2) is 11.6 Å². The number of methoxy groups -OCH3 is 2. The Kier molecular flexibility index (Phi) is 4.23. The minimum atomic E-state index is -0.300. The van der Waals surface area contributed by atoms with Crippen LogP contribution in [-0.2, 0) is 11.3 Å². The average molecular weight is 351 g/mol. The number of nitrogens with zero attached hydrogens (tertiary/aromatic N) is 3. The summed E-state index contributed by atoms with van der Waals surface area (Å²) in [5, 5.41) is 1.71. The average Bonchev–Trinajstić information content (AvgIpc) is 3.35. The van der Waals surface area contributed by atoms with Crippen molar-refractivity contribution in [3.05, 3.63) is 17.4 Å². The molecule has 8 heteroatoms. The number of hydrogen-bond acceptors (Lipinski definition) is 7. The van der Waals surface area contributed by atoms with Crippen LogP contribution in [0.2, 0.25) is 0 Å². The molecule has 2 heterocycles. The van der Waals surface area contributed by atoms with Gasteiger partial charge in [0, 0.05) is 32.8 Å². The molecule has 1 saturated heterocycles. The molecule has 3 aliphatic rings. The highest BCUT2D eigenvalue weighted by Gasteiger charge is 2.40. The molecule has 0 bridgehead atoms. The number of ether oxygens (including phenoxy) is 2. The molecule has 1 aromatic carbocycles. The number of hydrazine groups is 1. The molecule has 4 N–H and O–H groups in total. The maximum atomic E-state index is 15.0. The van der Waals surface area contributed by atoms with Gasteiger partial charge in [-0.05, 0) is 24.5 Å². The number of fused-ring (bicyclic) bond motifs is 1. The van der Waals surface area contributed by atoms with Gasteiger partial charge in [-0.3, -0.25) is 5.84 Å². The first kappa shape index (κ1) is 16.8. The molecule has 1 saturated carbocycles. The van der Waals surface area contributed by atoms with E-state index >= 15 is 4.39 Å². The summed E-state index contributed by atoms with van der Waals surface area (Å²) in [6.07, 6.45) is 2.15. The van der Waals surface area contributed by atoms with Crippen LogP contribution in [0.1, 0.15) is 18.4 Å². The molecule has 7 nitrogen and oxygen atoms in total. The van der Waals surface area contributed by atoms with Crippen molar-refractivity contribution >= 4 is 11.4 Å². The van der Waals surface area contributed by atoms with Gasteiger partial charge in [0.1, 0.15) is 5.69 Å². The van der Waals surface area contributed by atoms with Gasteiger partial charge in [-0.15, -0.1) is 0 Å². The molecule has 138 valence electrons. The van der Waals surface area contributed by atoms with Gasteiger partial charge >= 0.3 is 0 Å². The number of rotatable bonds is 4. The van der Waals surface area contributed by atoms with Crippen LogP contribution in [0.25, 0.3) is 0 Å². The quantitative estimate of drug-likeness (QED) is 0.770. The van der Waals surface area contributed by atoms with Crippen LogP contribution in [0, 0.1) is 5.82 Å². The summed E-state index contributed by atoms with van der Waals surface area (Å²) in [7, 11) is 3.24. The third-order valence-corrected chi connectivity index (χ3v) is 5.38. The Morgan fingerprint density at radius 2 is 1.96 bits per heavy atom. The number of benzene rings is 1. The van der Waals surface area contributed by atoms with Gasteiger partial charge in [0.05, 0.1) is 31.6 Å². The van der Waals surface area contributed by atoms with Gasteiger partial charge in [-0.2, -0.15) is 0 Å². The highest BCUT2D eigenvalue weighted by atomic mass is 19.1. The van der Waals surface area contributed by atoms with Gasteiger partial charge in [0.25, 0.3) is 0 Å². The normalized spacial score (nSPS) is 26.9. The molecule has 1 aliphatic carbocycles. The van der Waals surface area contributed by atoms with Crippen molar-refractivity contribution in [3.8, 4) is 5.75 Å². The van der Waals surface area contributed by atoms with Gasteiger partial charge in [0.2, 0.25) is 0 Å². The highest BCUT2D eigenvalue weighted by Crippen LogP contribution is 2.48. The first-order valence-corrected chi connectivity index (χ1v) is 8.72. The predicted octanol–water partition coefficient (Wildman–Crippen LogP) is 0.612. The maximum absolute atomic E-state index is 15.0. The lowest BCUT2D eigenvalue weighted by atomic mass is 10.1. The van der Waals surface area contributed by atoms with Crippen LogP contribution in [-0.4, -0.2) is 57.2 Å². The number of anilines is 2. The second-order valence-corrected chi connectivity index (χ2v) is 7.18. The van der Waals surface area contributed by atoms with E-state index in [0.717, 1.165) is 24.1 Å². The number of halogens is 1. The molecule has 0 radical (unpaired) electrons. The molecule has 25 heavy (non-hydrogen) atoms. The highest BCUT2D eigenvalue weighted by molar-refractivity contribution is 5.78. The monoisotopic (exact) mass is 351 g/mol. The van der Waals surface area contributed by atoms with Gasteiger partial charge in [-0.1, -0.05) is 0 Å². The predicted molar refractivity (Wildman–Crippen MR) is 94.0 cm³/mol. The second-order valence-electron chi connectivity index (χ2n) is 7.18. The number of nitrogens with two attached hydrogens (primary N) is 2. The van der Waals surface area contributed by atoms with Crippen LogP contribution < -0.4 is 26.1 Å². The first-order valence-electron chi connectivity index (χ1n) is 8.72. The lowest BCUT2D eigenvalue weighted by molar-refractivity contribution is 0.108. The Bertz CT molecular complexity index is 669. The van der Waals surface area contributed by atoms with Crippen molar-refractivity contribution in [1.82, 2.24) is 5.01 Å². The summed E-state index contributed by atoms with van der Waals surface area (Å²) in [6, 6.07) is 1.89. The van der Waals surface area contributed by atoms with E-state index in [4.69, 9.17) is 21.1 Å². The fourth-order valence-corrected chi connectivity index (χ4v) is 4.03. The summed E-state index contributed by atoms with van der Waals surface area (Å²) in [6.45, 7) is 2.22. The third kappa shape index (κ3) is 2.83. The van der Waals surface area contributed by atoms with E-state index in [1.165, 1.54) is 0 Å². The minimum absolute atomic E-state index is 0.112. The molecular formula is C17H26FN5O2. The zero-order valence-corrected chi connectivity index (χ0v) is 14.7. The fourth-order valence-electron chi connectivity index (χ4n) is 4.03. The van der Waals surface area contributed by atoms with E-state index in [0.29, 0.717) is 43.8 Å². The summed E-state index contributed by atoms with van der Waals surface area (Å²) < 4.78 is 26.2. The Morgan fingerprint density at radius 3 is 2.56 bits per heavy atom. The summed E-state index contributed by atoms with van der Waals surface area (Å²) in [5.74, 6) is 6.33. The van der Waals surface area contributed by atoms with E-state index in [-0.39, 0.29) is 18.0 Å². The minimum Gasteiger partial charge on any atom is -0.492 e. The van der Waals surface area contributed by atoms with Crippen molar-refractivity contribution in [2.75, 3.05) is 43.8 Å². The van der Waals surface area contributed by atoms with Crippen LogP contribution in [0.3, 0.4) is 0 Å². The van der Waals surface area contributed by atoms with Gasteiger partial charge < -0.3 is 25.0 Å². The van der Waals surface area contributed by atoms with E-state index in [1.54, 1.807) is 25.3 Å². The summed E-state index contributed by atoms with van der Waals surface area (Å²) in [5.41, 5.74) is 8.45. The lowest BCUT2D eigenvalue weighted by Crippen LogP contribution is -2.47. The molecule has 0 spiro atoms. The van der Waals surface area contributed by atoms with Crippen LogP contribution in [0.5, 0.6) is 5.75 Å². The summed E-state index contributed by atoms with van der Waals surface area (Å²) in [4.78, 5) is 4.18. The van der Waals surface area contributed by atoms with Crippen molar-refractivity contribution in [3.63, 3.8) is 0 Å². The third-order valence-electron chi connectivity index (χ3n) is 5.38. The van der Waals surface area contributed by atoms with E-state index < -0.39 is 0 Å². The van der Waals surface area contributed by atoms with E-state index in [2.05, 4.69) is 4.90 Å².